The summed E-state index contributed by atoms with van der Waals surface area (Å²) >= 11 is 0. The summed E-state index contributed by atoms with van der Waals surface area (Å²) < 4.78 is 5.20. The van der Waals surface area contributed by atoms with E-state index in [2.05, 4.69) is 0 Å². The molecule has 1 amide bonds. The summed E-state index contributed by atoms with van der Waals surface area (Å²) in [7, 11) is 1.64. The summed E-state index contributed by atoms with van der Waals surface area (Å²) in [5.74, 6) is 0.0582. The van der Waals surface area contributed by atoms with Crippen LogP contribution in [0.5, 0.6) is 0 Å². The first-order valence-corrected chi connectivity index (χ1v) is 5.41. The maximum Gasteiger partial charge on any atom is 0.410 e. The van der Waals surface area contributed by atoms with E-state index in [1.165, 1.54) is 11.8 Å². The number of amides is 1. The third-order valence-electron chi connectivity index (χ3n) is 2.29. The molecule has 0 saturated carbocycles. The monoisotopic (exact) mass is 229 g/mol. The van der Waals surface area contributed by atoms with Crippen LogP contribution in [0.25, 0.3) is 0 Å². The molecule has 0 fully saturated rings. The maximum atomic E-state index is 11.7. The first kappa shape index (κ1) is 14.9. The Morgan fingerprint density at radius 2 is 1.56 bits per heavy atom. The molecule has 0 aliphatic heterocycles. The van der Waals surface area contributed by atoms with Crippen molar-refractivity contribution in [1.82, 2.24) is 4.90 Å². The summed E-state index contributed by atoms with van der Waals surface area (Å²) in [5, 5.41) is 0. The lowest BCUT2D eigenvalue weighted by Gasteiger charge is -2.30. The second-order valence-electron chi connectivity index (χ2n) is 5.78. The molecular weight excluding hydrogens is 206 g/mol. The highest BCUT2D eigenvalue weighted by Crippen LogP contribution is 2.19. The molecule has 0 bridgehead atoms. The van der Waals surface area contributed by atoms with Crippen molar-refractivity contribution in [3.05, 3.63) is 0 Å². The molecule has 0 spiro atoms. The average Bonchev–Trinajstić information content (AvgIpc) is 1.99. The SMILES string of the molecule is CC(=O)C(C)(C)CN(C)C(=O)OC(C)(C)C. The van der Waals surface area contributed by atoms with E-state index in [1.807, 2.05) is 34.6 Å². The van der Waals surface area contributed by atoms with Crippen molar-refractivity contribution < 1.29 is 14.3 Å². The Kier molecular flexibility index (Phi) is 4.53. The fraction of sp³-hybridized carbons (Fsp3) is 0.833. The topological polar surface area (TPSA) is 46.6 Å². The van der Waals surface area contributed by atoms with Crippen LogP contribution in [0.15, 0.2) is 0 Å². The molecule has 0 aliphatic carbocycles. The second-order valence-corrected chi connectivity index (χ2v) is 5.78. The second kappa shape index (κ2) is 4.85. The highest BCUT2D eigenvalue weighted by atomic mass is 16.6. The van der Waals surface area contributed by atoms with Gasteiger partial charge in [0.05, 0.1) is 0 Å². The molecule has 0 aromatic heterocycles. The smallest absolute Gasteiger partial charge is 0.410 e. The largest absolute Gasteiger partial charge is 0.444 e. The summed E-state index contributed by atoms with van der Waals surface area (Å²) in [6, 6.07) is 0. The highest BCUT2D eigenvalue weighted by Gasteiger charge is 2.29. The zero-order chi connectivity index (χ0) is 13.1. The third-order valence-corrected chi connectivity index (χ3v) is 2.29. The Balaban J connectivity index is 4.43. The van der Waals surface area contributed by atoms with Gasteiger partial charge in [0.1, 0.15) is 11.4 Å². The van der Waals surface area contributed by atoms with Crippen molar-refractivity contribution in [1.29, 1.82) is 0 Å². The first-order valence-electron chi connectivity index (χ1n) is 5.41. The zero-order valence-corrected chi connectivity index (χ0v) is 11.4. The lowest BCUT2D eigenvalue weighted by Crippen LogP contribution is -2.41. The molecule has 4 heteroatoms. The predicted octanol–water partition coefficient (Wildman–Crippen LogP) is 2.47. The fourth-order valence-corrected chi connectivity index (χ4v) is 1.11. The van der Waals surface area contributed by atoms with Crippen molar-refractivity contribution in [2.45, 2.75) is 47.1 Å². The van der Waals surface area contributed by atoms with Gasteiger partial charge in [0, 0.05) is 19.0 Å². The average molecular weight is 229 g/mol. The van der Waals surface area contributed by atoms with Crippen LogP contribution in [-0.2, 0) is 9.53 Å². The molecule has 0 atom stereocenters. The van der Waals surface area contributed by atoms with Crippen LogP contribution in [0.4, 0.5) is 4.79 Å². The number of hydrogen-bond donors (Lipinski definition) is 0. The molecule has 0 aliphatic rings. The van der Waals surface area contributed by atoms with Gasteiger partial charge in [-0.3, -0.25) is 4.79 Å². The number of carbonyl (C=O) groups is 2. The van der Waals surface area contributed by atoms with Gasteiger partial charge in [0.25, 0.3) is 0 Å². The Morgan fingerprint density at radius 3 is 1.88 bits per heavy atom. The Bertz CT molecular complexity index is 276. The first-order chi connectivity index (χ1) is 6.96. The lowest BCUT2D eigenvalue weighted by molar-refractivity contribution is -0.125. The van der Waals surface area contributed by atoms with Gasteiger partial charge in [0.2, 0.25) is 0 Å². The predicted molar refractivity (Wildman–Crippen MR) is 63.3 cm³/mol. The van der Waals surface area contributed by atoms with Crippen LogP contribution >= 0.6 is 0 Å². The van der Waals surface area contributed by atoms with Gasteiger partial charge in [-0.15, -0.1) is 0 Å². The van der Waals surface area contributed by atoms with Gasteiger partial charge in [-0.05, 0) is 27.7 Å². The molecule has 0 saturated heterocycles. The molecule has 0 unspecified atom stereocenters. The minimum absolute atomic E-state index is 0.0582. The number of rotatable bonds is 3. The highest BCUT2D eigenvalue weighted by molar-refractivity contribution is 5.82. The number of Topliss-reactive ketones (excluding diaryl/α,β-unsaturated/α-hetero) is 1. The molecule has 0 aromatic carbocycles. The van der Waals surface area contributed by atoms with E-state index in [0.717, 1.165) is 0 Å². The Morgan fingerprint density at radius 1 is 1.12 bits per heavy atom. The number of hydrogen-bond acceptors (Lipinski definition) is 3. The van der Waals surface area contributed by atoms with E-state index < -0.39 is 17.1 Å². The Labute approximate surface area is 98.0 Å². The fourth-order valence-electron chi connectivity index (χ4n) is 1.11. The summed E-state index contributed by atoms with van der Waals surface area (Å²) in [4.78, 5) is 24.4. The number of ketones is 1. The number of ether oxygens (including phenoxy) is 1. The van der Waals surface area contributed by atoms with Crippen LogP contribution in [0.1, 0.15) is 41.5 Å². The van der Waals surface area contributed by atoms with Gasteiger partial charge in [-0.25, -0.2) is 4.79 Å². The lowest BCUT2D eigenvalue weighted by atomic mass is 9.88. The van der Waals surface area contributed by atoms with Crippen molar-refractivity contribution in [3.8, 4) is 0 Å². The quantitative estimate of drug-likeness (QED) is 0.747. The van der Waals surface area contributed by atoms with Crippen LogP contribution < -0.4 is 0 Å². The van der Waals surface area contributed by atoms with Crippen molar-refractivity contribution in [2.24, 2.45) is 5.41 Å². The maximum absolute atomic E-state index is 11.7. The molecule has 94 valence electrons. The van der Waals surface area contributed by atoms with E-state index >= 15 is 0 Å². The minimum Gasteiger partial charge on any atom is -0.444 e. The number of carbonyl (C=O) groups excluding carboxylic acids is 2. The van der Waals surface area contributed by atoms with E-state index in [4.69, 9.17) is 4.74 Å². The van der Waals surface area contributed by atoms with Crippen molar-refractivity contribution in [3.63, 3.8) is 0 Å². The summed E-state index contributed by atoms with van der Waals surface area (Å²) in [5.41, 5.74) is -1.04. The van der Waals surface area contributed by atoms with Gasteiger partial charge in [0.15, 0.2) is 0 Å². The molecule has 0 N–H and O–H groups in total. The molecular formula is C12H23NO3. The van der Waals surface area contributed by atoms with Gasteiger partial charge < -0.3 is 9.64 Å². The van der Waals surface area contributed by atoms with Gasteiger partial charge in [-0.1, -0.05) is 13.8 Å². The van der Waals surface area contributed by atoms with Crippen molar-refractivity contribution in [2.75, 3.05) is 13.6 Å². The summed E-state index contributed by atoms with van der Waals surface area (Å²) in [6.07, 6.45) is -0.401. The van der Waals surface area contributed by atoms with Crippen LogP contribution in [0.3, 0.4) is 0 Å². The van der Waals surface area contributed by atoms with Crippen LogP contribution in [0.2, 0.25) is 0 Å². The minimum atomic E-state index is -0.536. The Hall–Kier alpha value is -1.06. The van der Waals surface area contributed by atoms with E-state index in [0.29, 0.717) is 6.54 Å². The summed E-state index contributed by atoms with van der Waals surface area (Å²) in [6.45, 7) is 11.0. The molecule has 4 nitrogen and oxygen atoms in total. The standard InChI is InChI=1S/C12H23NO3/c1-9(14)12(5,6)8-13(7)10(15)16-11(2,3)4/h8H2,1-7H3. The molecule has 0 radical (unpaired) electrons. The molecule has 16 heavy (non-hydrogen) atoms. The van der Waals surface area contributed by atoms with Crippen molar-refractivity contribution >= 4 is 11.9 Å². The van der Waals surface area contributed by atoms with Gasteiger partial charge >= 0.3 is 6.09 Å². The molecule has 0 rings (SSSR count). The third kappa shape index (κ3) is 5.14. The molecule has 0 aromatic rings. The normalized spacial score (nSPS) is 12.2. The van der Waals surface area contributed by atoms with Gasteiger partial charge in [-0.2, -0.15) is 0 Å². The molecule has 0 heterocycles. The zero-order valence-electron chi connectivity index (χ0n) is 11.4. The van der Waals surface area contributed by atoms with Crippen LogP contribution in [-0.4, -0.2) is 36.0 Å². The van der Waals surface area contributed by atoms with E-state index in [1.54, 1.807) is 7.05 Å². The van der Waals surface area contributed by atoms with E-state index in [9.17, 15) is 9.59 Å². The van der Waals surface area contributed by atoms with E-state index in [-0.39, 0.29) is 5.78 Å². The number of nitrogens with zero attached hydrogens (tertiary/aromatic N) is 1. The van der Waals surface area contributed by atoms with Crippen LogP contribution in [0, 0.1) is 5.41 Å².